The van der Waals surface area contributed by atoms with Gasteiger partial charge in [-0.15, -0.1) is 10.2 Å². The van der Waals surface area contributed by atoms with E-state index in [0.29, 0.717) is 28.7 Å². The molecule has 0 saturated carbocycles. The number of hydrogen-bond acceptors (Lipinski definition) is 7. The topological polar surface area (TPSA) is 118 Å². The normalized spacial score (nSPS) is 16.0. The van der Waals surface area contributed by atoms with Crippen molar-refractivity contribution in [3.8, 4) is 0 Å². The van der Waals surface area contributed by atoms with Crippen LogP contribution >= 0.6 is 11.3 Å². The molecule has 4 rings (SSSR count). The van der Waals surface area contributed by atoms with Gasteiger partial charge in [0.15, 0.2) is 0 Å². The van der Waals surface area contributed by atoms with E-state index in [4.69, 9.17) is 0 Å². The lowest BCUT2D eigenvalue weighted by atomic mass is 10.1. The molecule has 1 aliphatic heterocycles. The van der Waals surface area contributed by atoms with E-state index in [0.717, 1.165) is 11.3 Å². The number of nitrogens with zero attached hydrogens (tertiary/aromatic N) is 4. The highest BCUT2D eigenvalue weighted by atomic mass is 32.1. The average Bonchev–Trinajstić information content (AvgIpc) is 3.39. The van der Waals surface area contributed by atoms with Crippen LogP contribution in [-0.4, -0.2) is 33.5 Å². The predicted octanol–water partition coefficient (Wildman–Crippen LogP) is 3.93. The first-order valence-electron chi connectivity index (χ1n) is 9.83. The van der Waals surface area contributed by atoms with E-state index < -0.39 is 10.8 Å². The first kappa shape index (κ1) is 21.3. The molecule has 0 radical (unpaired) electrons. The Hall–Kier alpha value is -3.92. The van der Waals surface area contributed by atoms with Gasteiger partial charge in [-0.05, 0) is 42.3 Å². The molecule has 0 bridgehead atoms. The number of rotatable bonds is 6. The van der Waals surface area contributed by atoms with E-state index >= 15 is 0 Å². The van der Waals surface area contributed by atoms with E-state index in [1.807, 2.05) is 31.2 Å². The number of aromatic nitrogens is 2. The molecule has 1 aliphatic rings. The predicted molar refractivity (Wildman–Crippen MR) is 122 cm³/mol. The second-order valence-corrected chi connectivity index (χ2v) is 8.32. The number of aryl methyl sites for hydroxylation is 1. The molecule has 3 aromatic rings. The van der Waals surface area contributed by atoms with Gasteiger partial charge in [0.25, 0.3) is 5.69 Å². The maximum atomic E-state index is 12.5. The van der Waals surface area contributed by atoms with Crippen LogP contribution in [0.25, 0.3) is 6.08 Å². The number of para-hydroxylation sites is 1. The van der Waals surface area contributed by atoms with Crippen molar-refractivity contribution in [3.63, 3.8) is 0 Å². The first-order chi connectivity index (χ1) is 15.4. The van der Waals surface area contributed by atoms with Crippen molar-refractivity contribution in [2.24, 2.45) is 0 Å². The third-order valence-corrected chi connectivity index (χ3v) is 6.08. The SMILES string of the molecule is Cc1ccccc1N1CC(c2nnc(NC(=O)/C=C/c3ccc([N+](=O)[O-])cc3)s2)CC1=O. The molecule has 1 unspecified atom stereocenters. The molecule has 1 aromatic heterocycles. The van der Waals surface area contributed by atoms with Crippen LogP contribution in [0.2, 0.25) is 0 Å². The van der Waals surface area contributed by atoms with Crippen molar-refractivity contribution in [1.82, 2.24) is 10.2 Å². The number of carbonyl (C=O) groups excluding carboxylic acids is 2. The van der Waals surface area contributed by atoms with Crippen LogP contribution in [0.5, 0.6) is 0 Å². The quantitative estimate of drug-likeness (QED) is 0.346. The summed E-state index contributed by atoms with van der Waals surface area (Å²) in [5, 5.41) is 22.6. The van der Waals surface area contributed by atoms with Gasteiger partial charge < -0.3 is 4.90 Å². The van der Waals surface area contributed by atoms with Gasteiger partial charge in [0.05, 0.1) is 4.92 Å². The second-order valence-electron chi connectivity index (χ2n) is 7.31. The number of anilines is 2. The largest absolute Gasteiger partial charge is 0.311 e. The Morgan fingerprint density at radius 3 is 2.69 bits per heavy atom. The maximum absolute atomic E-state index is 12.5. The zero-order chi connectivity index (χ0) is 22.7. The van der Waals surface area contributed by atoms with E-state index in [-0.39, 0.29) is 17.5 Å². The Bertz CT molecular complexity index is 1210. The molecular formula is C22H19N5O4S. The standard InChI is InChI=1S/C22H19N5O4S/c1-14-4-2-3-5-18(14)26-13-16(12-20(26)29)21-24-25-22(32-21)23-19(28)11-8-15-6-9-17(10-7-15)27(30)31/h2-11,16H,12-13H2,1H3,(H,23,25,28)/b11-8+. The molecule has 10 heteroatoms. The summed E-state index contributed by atoms with van der Waals surface area (Å²) in [7, 11) is 0. The summed E-state index contributed by atoms with van der Waals surface area (Å²) in [4.78, 5) is 36.7. The molecule has 0 aliphatic carbocycles. The number of benzene rings is 2. The molecule has 2 amide bonds. The van der Waals surface area contributed by atoms with Crippen molar-refractivity contribution in [3.05, 3.63) is 80.9 Å². The lowest BCUT2D eigenvalue weighted by Gasteiger charge is -2.18. The van der Waals surface area contributed by atoms with Crippen LogP contribution in [0.1, 0.15) is 28.5 Å². The fraction of sp³-hybridized carbons (Fsp3) is 0.182. The Morgan fingerprint density at radius 2 is 1.97 bits per heavy atom. The van der Waals surface area contributed by atoms with Crippen LogP contribution in [0.3, 0.4) is 0 Å². The van der Waals surface area contributed by atoms with E-state index in [2.05, 4.69) is 15.5 Å². The number of non-ortho nitro benzene ring substituents is 1. The van der Waals surface area contributed by atoms with Crippen LogP contribution in [0.15, 0.2) is 54.6 Å². The van der Waals surface area contributed by atoms with Gasteiger partial charge >= 0.3 is 0 Å². The minimum absolute atomic E-state index is 0.0145. The van der Waals surface area contributed by atoms with E-state index in [1.165, 1.54) is 29.5 Å². The molecule has 1 atom stereocenters. The highest BCUT2D eigenvalue weighted by Gasteiger charge is 2.34. The molecule has 0 spiro atoms. The van der Waals surface area contributed by atoms with Gasteiger partial charge in [0.1, 0.15) is 5.01 Å². The number of carbonyl (C=O) groups is 2. The lowest BCUT2D eigenvalue weighted by Crippen LogP contribution is -2.25. The summed E-state index contributed by atoms with van der Waals surface area (Å²) < 4.78 is 0. The monoisotopic (exact) mass is 449 g/mol. The number of nitrogens with one attached hydrogen (secondary N) is 1. The van der Waals surface area contributed by atoms with Crippen LogP contribution in [0.4, 0.5) is 16.5 Å². The van der Waals surface area contributed by atoms with E-state index in [9.17, 15) is 19.7 Å². The van der Waals surface area contributed by atoms with Crippen LogP contribution < -0.4 is 10.2 Å². The Kier molecular flexibility index (Phi) is 6.04. The fourth-order valence-electron chi connectivity index (χ4n) is 3.45. The molecule has 162 valence electrons. The van der Waals surface area contributed by atoms with Gasteiger partial charge in [0.2, 0.25) is 16.9 Å². The van der Waals surface area contributed by atoms with E-state index in [1.54, 1.807) is 23.1 Å². The molecular weight excluding hydrogens is 430 g/mol. The zero-order valence-corrected chi connectivity index (χ0v) is 17.9. The number of nitro benzene ring substituents is 1. The highest BCUT2D eigenvalue weighted by molar-refractivity contribution is 7.15. The molecule has 9 nitrogen and oxygen atoms in total. The number of amides is 2. The maximum Gasteiger partial charge on any atom is 0.269 e. The Morgan fingerprint density at radius 1 is 1.22 bits per heavy atom. The van der Waals surface area contributed by atoms with Gasteiger partial charge in [-0.25, -0.2) is 0 Å². The van der Waals surface area contributed by atoms with Gasteiger partial charge in [-0.2, -0.15) is 0 Å². The summed E-state index contributed by atoms with van der Waals surface area (Å²) in [5.41, 5.74) is 2.57. The van der Waals surface area contributed by atoms with Gasteiger partial charge in [-0.3, -0.25) is 25.0 Å². The van der Waals surface area contributed by atoms with Gasteiger partial charge in [-0.1, -0.05) is 29.5 Å². The molecule has 1 fully saturated rings. The molecule has 32 heavy (non-hydrogen) atoms. The van der Waals surface area contributed by atoms with Crippen molar-refractivity contribution < 1.29 is 14.5 Å². The molecule has 1 saturated heterocycles. The highest BCUT2D eigenvalue weighted by Crippen LogP contribution is 2.35. The number of hydrogen-bond donors (Lipinski definition) is 1. The summed E-state index contributed by atoms with van der Waals surface area (Å²) in [6, 6.07) is 13.6. The third-order valence-electron chi connectivity index (χ3n) is 5.08. The second kappa shape index (κ2) is 9.06. The zero-order valence-electron chi connectivity index (χ0n) is 17.1. The fourth-order valence-corrected chi connectivity index (χ4v) is 4.29. The van der Waals surface area contributed by atoms with Crippen molar-refractivity contribution in [1.29, 1.82) is 0 Å². The smallest absolute Gasteiger partial charge is 0.269 e. The number of nitro groups is 1. The minimum Gasteiger partial charge on any atom is -0.311 e. The molecule has 2 aromatic carbocycles. The molecule has 1 N–H and O–H groups in total. The van der Waals surface area contributed by atoms with Gasteiger partial charge in [0, 0.05) is 42.8 Å². The van der Waals surface area contributed by atoms with Crippen molar-refractivity contribution in [2.45, 2.75) is 19.3 Å². The summed E-state index contributed by atoms with van der Waals surface area (Å²) in [5.74, 6) is -0.438. The lowest BCUT2D eigenvalue weighted by molar-refractivity contribution is -0.384. The van der Waals surface area contributed by atoms with Crippen molar-refractivity contribution in [2.75, 3.05) is 16.8 Å². The van der Waals surface area contributed by atoms with Crippen LogP contribution in [-0.2, 0) is 9.59 Å². The minimum atomic E-state index is -0.481. The Balaban J connectivity index is 1.37. The van der Waals surface area contributed by atoms with Crippen molar-refractivity contribution >= 4 is 45.7 Å². The average molecular weight is 449 g/mol. The third kappa shape index (κ3) is 4.70. The summed E-state index contributed by atoms with van der Waals surface area (Å²) in [6.45, 7) is 2.49. The molecule has 2 heterocycles. The Labute approximate surface area is 187 Å². The summed E-state index contributed by atoms with van der Waals surface area (Å²) in [6.07, 6.45) is 3.22. The first-order valence-corrected chi connectivity index (χ1v) is 10.7. The van der Waals surface area contributed by atoms with Crippen LogP contribution in [0, 0.1) is 17.0 Å². The summed E-state index contributed by atoms with van der Waals surface area (Å²) >= 11 is 1.25.